The van der Waals surface area contributed by atoms with Crippen molar-refractivity contribution in [3.05, 3.63) is 41.7 Å². The molecule has 0 N–H and O–H groups in total. The number of aryl methyl sites for hydroxylation is 1. The minimum atomic E-state index is 0.699. The molecule has 1 atom stereocenters. The first-order valence-electron chi connectivity index (χ1n) is 11.8. The van der Waals surface area contributed by atoms with E-state index in [2.05, 4.69) is 48.9 Å². The number of hydrogen-bond donors (Lipinski definition) is 1. The summed E-state index contributed by atoms with van der Waals surface area (Å²) in [7, 11) is 0. The van der Waals surface area contributed by atoms with E-state index in [-0.39, 0.29) is 0 Å². The molecule has 1 aromatic carbocycles. The van der Waals surface area contributed by atoms with Crippen LogP contribution >= 0.6 is 12.6 Å². The summed E-state index contributed by atoms with van der Waals surface area (Å²) in [4.78, 5) is 10.2. The summed E-state index contributed by atoms with van der Waals surface area (Å²) in [5, 5.41) is 0. The normalized spacial score (nSPS) is 12.3. The maximum absolute atomic E-state index is 4.69. The lowest BCUT2D eigenvalue weighted by Crippen LogP contribution is -1.99. The Bertz CT molecular complexity index is 696. The number of hydrogen-bond acceptors (Lipinski definition) is 3. The fourth-order valence-corrected chi connectivity index (χ4v) is 4.04. The van der Waals surface area contributed by atoms with Gasteiger partial charge in [0.25, 0.3) is 0 Å². The molecule has 0 aliphatic rings. The fourth-order valence-electron chi connectivity index (χ4n) is 3.70. The van der Waals surface area contributed by atoms with Gasteiger partial charge in [-0.15, -0.1) is 12.6 Å². The quantitative estimate of drug-likeness (QED) is 0.250. The smallest absolute Gasteiger partial charge is 0.160 e. The zero-order chi connectivity index (χ0) is 20.9. The number of aromatic nitrogens is 2. The van der Waals surface area contributed by atoms with Gasteiger partial charge in [-0.25, -0.2) is 9.97 Å². The van der Waals surface area contributed by atoms with Gasteiger partial charge in [0.15, 0.2) is 5.82 Å². The van der Waals surface area contributed by atoms with Crippen molar-refractivity contribution in [2.75, 3.05) is 0 Å². The summed E-state index contributed by atoms with van der Waals surface area (Å²) in [6.45, 7) is 6.81. The molecule has 3 heteroatoms. The second-order valence-electron chi connectivity index (χ2n) is 8.56. The van der Waals surface area contributed by atoms with Crippen LogP contribution in [0.5, 0.6) is 0 Å². The Labute approximate surface area is 184 Å². The van der Waals surface area contributed by atoms with Crippen molar-refractivity contribution in [2.24, 2.45) is 5.92 Å². The van der Waals surface area contributed by atoms with Crippen molar-refractivity contribution in [1.29, 1.82) is 0 Å². The molecule has 1 unspecified atom stereocenters. The zero-order valence-electron chi connectivity index (χ0n) is 18.8. The van der Waals surface area contributed by atoms with Gasteiger partial charge >= 0.3 is 0 Å². The number of thiol groups is 1. The van der Waals surface area contributed by atoms with Crippen molar-refractivity contribution in [2.45, 2.75) is 103 Å². The third kappa shape index (κ3) is 8.90. The van der Waals surface area contributed by atoms with E-state index in [1.165, 1.54) is 75.3 Å². The summed E-state index contributed by atoms with van der Waals surface area (Å²) in [5.74, 6) is 1.48. The van der Waals surface area contributed by atoms with E-state index in [0.29, 0.717) is 5.92 Å². The van der Waals surface area contributed by atoms with Crippen LogP contribution in [0.2, 0.25) is 0 Å². The third-order valence-electron chi connectivity index (χ3n) is 5.86. The summed E-state index contributed by atoms with van der Waals surface area (Å²) < 4.78 is 0. The van der Waals surface area contributed by atoms with Gasteiger partial charge in [0, 0.05) is 22.9 Å². The monoisotopic (exact) mass is 412 g/mol. The molecule has 0 radical (unpaired) electrons. The highest BCUT2D eigenvalue weighted by atomic mass is 32.1. The Morgan fingerprint density at radius 2 is 1.45 bits per heavy atom. The highest BCUT2D eigenvalue weighted by Crippen LogP contribution is 2.26. The van der Waals surface area contributed by atoms with E-state index in [9.17, 15) is 0 Å². The molecule has 160 valence electrons. The second kappa shape index (κ2) is 13.8. The van der Waals surface area contributed by atoms with Crippen LogP contribution in [0, 0.1) is 5.92 Å². The van der Waals surface area contributed by atoms with Crippen molar-refractivity contribution < 1.29 is 0 Å². The second-order valence-corrected chi connectivity index (χ2v) is 9.04. The molecule has 1 heterocycles. The number of rotatable bonds is 14. The summed E-state index contributed by atoms with van der Waals surface area (Å²) >= 11 is 4.69. The molecule has 2 rings (SSSR count). The van der Waals surface area contributed by atoms with E-state index in [1.807, 2.05) is 12.4 Å². The predicted octanol–water partition coefficient (Wildman–Crippen LogP) is 8.09. The van der Waals surface area contributed by atoms with Crippen molar-refractivity contribution >= 4 is 12.6 Å². The topological polar surface area (TPSA) is 25.8 Å². The van der Waals surface area contributed by atoms with Crippen LogP contribution in [0.15, 0.2) is 35.5 Å². The highest BCUT2D eigenvalue weighted by Gasteiger charge is 2.08. The van der Waals surface area contributed by atoms with E-state index >= 15 is 0 Å². The first-order chi connectivity index (χ1) is 14.1. The van der Waals surface area contributed by atoms with Crippen LogP contribution in [0.1, 0.15) is 96.1 Å². The SMILES string of the molecule is CCCCCCCCCCCc1cnc(-c2ccc(CC(C)CC)cc2S)nc1. The average Bonchev–Trinajstić information content (AvgIpc) is 2.73. The van der Waals surface area contributed by atoms with Crippen LogP contribution in [0.25, 0.3) is 11.4 Å². The minimum Gasteiger partial charge on any atom is -0.236 e. The molecule has 0 aliphatic heterocycles. The Hall–Kier alpha value is -1.35. The Morgan fingerprint density at radius 1 is 0.828 bits per heavy atom. The molecule has 1 aromatic heterocycles. The van der Waals surface area contributed by atoms with Gasteiger partial charge in [0.1, 0.15) is 0 Å². The molecule has 2 aromatic rings. The largest absolute Gasteiger partial charge is 0.236 e. The number of nitrogens with zero attached hydrogens (tertiary/aromatic N) is 2. The lowest BCUT2D eigenvalue weighted by molar-refractivity contribution is 0.560. The van der Waals surface area contributed by atoms with Crippen molar-refractivity contribution in [1.82, 2.24) is 9.97 Å². The van der Waals surface area contributed by atoms with Gasteiger partial charge in [-0.05, 0) is 48.4 Å². The summed E-state index contributed by atoms with van der Waals surface area (Å²) in [5.41, 5.74) is 3.61. The molecular weight excluding hydrogens is 372 g/mol. The maximum atomic E-state index is 4.69. The molecule has 0 spiro atoms. The first kappa shape index (κ1) is 23.9. The number of unbranched alkanes of at least 4 members (excludes halogenated alkanes) is 8. The molecular formula is C26H40N2S. The third-order valence-corrected chi connectivity index (χ3v) is 6.23. The molecule has 0 saturated heterocycles. The molecule has 0 bridgehead atoms. The Balaban J connectivity index is 1.75. The molecule has 0 amide bonds. The minimum absolute atomic E-state index is 0.699. The lowest BCUT2D eigenvalue weighted by atomic mass is 9.98. The summed E-state index contributed by atoms with van der Waals surface area (Å²) in [6.07, 6.45) is 19.6. The van der Waals surface area contributed by atoms with E-state index in [1.54, 1.807) is 0 Å². The van der Waals surface area contributed by atoms with Gasteiger partial charge < -0.3 is 0 Å². The van der Waals surface area contributed by atoms with Crippen LogP contribution in [-0.2, 0) is 12.8 Å². The predicted molar refractivity (Wildman–Crippen MR) is 129 cm³/mol. The summed E-state index contributed by atoms with van der Waals surface area (Å²) in [6, 6.07) is 6.49. The Kier molecular flexibility index (Phi) is 11.4. The van der Waals surface area contributed by atoms with Crippen LogP contribution < -0.4 is 0 Å². The van der Waals surface area contributed by atoms with Gasteiger partial charge in [0.05, 0.1) is 0 Å². The van der Waals surface area contributed by atoms with E-state index in [0.717, 1.165) is 29.1 Å². The highest BCUT2D eigenvalue weighted by molar-refractivity contribution is 7.80. The lowest BCUT2D eigenvalue weighted by Gasteiger charge is -2.11. The van der Waals surface area contributed by atoms with Crippen LogP contribution in [0.3, 0.4) is 0 Å². The standard InChI is InChI=1S/C26H40N2S/c1-4-6-7-8-9-10-11-12-13-14-23-19-27-26(28-20-23)24-16-15-22(18-25(24)29)17-21(3)5-2/h15-16,18-21,29H,4-14,17H2,1-3H3. The number of benzene rings is 1. The van der Waals surface area contributed by atoms with E-state index in [4.69, 9.17) is 12.6 Å². The molecule has 2 nitrogen and oxygen atoms in total. The van der Waals surface area contributed by atoms with Gasteiger partial charge in [-0.2, -0.15) is 0 Å². The maximum Gasteiger partial charge on any atom is 0.160 e. The van der Waals surface area contributed by atoms with Crippen molar-refractivity contribution in [3.8, 4) is 11.4 Å². The van der Waals surface area contributed by atoms with Crippen LogP contribution in [-0.4, -0.2) is 9.97 Å². The fraction of sp³-hybridized carbons (Fsp3) is 0.615. The van der Waals surface area contributed by atoms with Crippen LogP contribution in [0.4, 0.5) is 0 Å². The first-order valence-corrected chi connectivity index (χ1v) is 12.2. The van der Waals surface area contributed by atoms with Gasteiger partial charge in [-0.1, -0.05) is 84.6 Å². The molecule has 0 saturated carbocycles. The Morgan fingerprint density at radius 3 is 2.03 bits per heavy atom. The molecule has 0 fully saturated rings. The van der Waals surface area contributed by atoms with Gasteiger partial charge in [0.2, 0.25) is 0 Å². The van der Waals surface area contributed by atoms with E-state index < -0.39 is 0 Å². The van der Waals surface area contributed by atoms with Crippen molar-refractivity contribution in [3.63, 3.8) is 0 Å². The zero-order valence-corrected chi connectivity index (χ0v) is 19.7. The average molecular weight is 413 g/mol. The molecule has 0 aliphatic carbocycles. The molecule has 29 heavy (non-hydrogen) atoms. The van der Waals surface area contributed by atoms with Gasteiger partial charge in [-0.3, -0.25) is 0 Å².